The molecule has 1 fully saturated rings. The molecular weight excluding hydrogens is 324 g/mol. The zero-order valence-corrected chi connectivity index (χ0v) is 12.7. The average Bonchev–Trinajstić information content (AvgIpc) is 2.92. The minimum absolute atomic E-state index is 0.0535. The molecule has 0 saturated carbocycles. The first-order valence-corrected chi connectivity index (χ1v) is 7.49. The van der Waals surface area contributed by atoms with E-state index in [9.17, 15) is 10.5 Å². The van der Waals surface area contributed by atoms with Crippen molar-refractivity contribution < 1.29 is 9.47 Å². The molecule has 2 aliphatic heterocycles. The van der Waals surface area contributed by atoms with Crippen LogP contribution in [0.4, 0.5) is 0 Å². The van der Waals surface area contributed by atoms with Crippen molar-refractivity contribution in [3.63, 3.8) is 0 Å². The molecule has 2 aliphatic rings. The predicted molar refractivity (Wildman–Crippen MR) is 81.6 cm³/mol. The summed E-state index contributed by atoms with van der Waals surface area (Å²) in [4.78, 5) is 0. The maximum absolute atomic E-state index is 9.39. The fourth-order valence-electron chi connectivity index (χ4n) is 2.59. The largest absolute Gasteiger partial charge is 0.454 e. The Bertz CT molecular complexity index is 735. The van der Waals surface area contributed by atoms with Gasteiger partial charge < -0.3 is 9.47 Å². The Labute approximate surface area is 135 Å². The number of nitrogens with one attached hydrogen (secondary N) is 2. The van der Waals surface area contributed by atoms with E-state index in [1.165, 1.54) is 0 Å². The molecule has 2 unspecified atom stereocenters. The van der Waals surface area contributed by atoms with E-state index in [0.717, 1.165) is 11.8 Å². The van der Waals surface area contributed by atoms with Crippen molar-refractivity contribution in [3.8, 4) is 23.6 Å². The first-order chi connectivity index (χ1) is 10.6. The van der Waals surface area contributed by atoms with Gasteiger partial charge in [0.15, 0.2) is 11.5 Å². The lowest BCUT2D eigenvalue weighted by molar-refractivity contribution is 0.174. The van der Waals surface area contributed by atoms with Crippen LogP contribution >= 0.6 is 23.4 Å². The van der Waals surface area contributed by atoms with Gasteiger partial charge in [-0.1, -0.05) is 23.4 Å². The monoisotopic (exact) mass is 332 g/mol. The highest BCUT2D eigenvalue weighted by molar-refractivity contribution is 8.26. The van der Waals surface area contributed by atoms with Gasteiger partial charge in [0.05, 0.1) is 22.2 Å². The molecule has 110 valence electrons. The summed E-state index contributed by atoms with van der Waals surface area (Å²) in [6, 6.07) is 7.34. The number of hydrogen-bond donors (Lipinski definition) is 2. The summed E-state index contributed by atoms with van der Waals surface area (Å²) in [5.74, 6) is -1.31. The number of thioether (sulfide) groups is 1. The Balaban J connectivity index is 2.14. The third-order valence-electron chi connectivity index (χ3n) is 3.63. The molecule has 3 rings (SSSR count). The number of benzene rings is 1. The van der Waals surface area contributed by atoms with Crippen LogP contribution < -0.4 is 9.47 Å². The molecule has 1 saturated heterocycles. The standard InChI is InChI=1S/C14H9ClN4O2S/c15-9-2-11-10(20-5-21-11)1-6(9)12-7(3-16)13(18)22-14(19)8(12)4-17/h1-2,7-8,12,18-19H,5H2. The van der Waals surface area contributed by atoms with Crippen molar-refractivity contribution in [2.75, 3.05) is 6.79 Å². The molecule has 1 aromatic carbocycles. The van der Waals surface area contributed by atoms with Crippen LogP contribution in [0.3, 0.4) is 0 Å². The van der Waals surface area contributed by atoms with Gasteiger partial charge in [-0.25, -0.2) is 0 Å². The van der Waals surface area contributed by atoms with Gasteiger partial charge in [0.1, 0.15) is 11.8 Å². The topological polar surface area (TPSA) is 114 Å². The molecule has 8 heteroatoms. The first-order valence-electron chi connectivity index (χ1n) is 6.29. The normalized spacial score (nSPS) is 26.4. The minimum Gasteiger partial charge on any atom is -0.454 e. The van der Waals surface area contributed by atoms with E-state index in [-0.39, 0.29) is 16.9 Å². The Morgan fingerprint density at radius 2 is 1.64 bits per heavy atom. The molecule has 2 N–H and O–H groups in total. The zero-order valence-electron chi connectivity index (χ0n) is 11.1. The summed E-state index contributed by atoms with van der Waals surface area (Å²) in [6.07, 6.45) is 0. The molecule has 6 nitrogen and oxygen atoms in total. The highest BCUT2D eigenvalue weighted by Crippen LogP contribution is 2.47. The summed E-state index contributed by atoms with van der Waals surface area (Å²) in [5, 5.41) is 35.1. The fourth-order valence-corrected chi connectivity index (χ4v) is 3.76. The van der Waals surface area contributed by atoms with Crippen LogP contribution in [0.15, 0.2) is 12.1 Å². The van der Waals surface area contributed by atoms with Crippen molar-refractivity contribution in [3.05, 3.63) is 22.7 Å². The molecule has 2 atom stereocenters. The van der Waals surface area contributed by atoms with Crippen molar-refractivity contribution in [2.45, 2.75) is 5.92 Å². The molecule has 22 heavy (non-hydrogen) atoms. The zero-order chi connectivity index (χ0) is 15.9. The summed E-state index contributed by atoms with van der Waals surface area (Å²) < 4.78 is 10.6. The van der Waals surface area contributed by atoms with E-state index in [2.05, 4.69) is 12.1 Å². The van der Waals surface area contributed by atoms with Crippen LogP contribution in [0, 0.1) is 45.3 Å². The Morgan fingerprint density at radius 3 is 2.18 bits per heavy atom. The number of nitrogens with zero attached hydrogens (tertiary/aromatic N) is 2. The Hall–Kier alpha value is -2.22. The van der Waals surface area contributed by atoms with Gasteiger partial charge >= 0.3 is 0 Å². The van der Waals surface area contributed by atoms with E-state index in [0.29, 0.717) is 22.1 Å². The van der Waals surface area contributed by atoms with E-state index < -0.39 is 17.8 Å². The summed E-state index contributed by atoms with van der Waals surface area (Å²) in [5.41, 5.74) is 0.527. The van der Waals surface area contributed by atoms with Crippen molar-refractivity contribution >= 4 is 33.5 Å². The number of ether oxygens (including phenoxy) is 2. The molecule has 0 aliphatic carbocycles. The molecule has 0 spiro atoms. The highest BCUT2D eigenvalue weighted by Gasteiger charge is 2.43. The highest BCUT2D eigenvalue weighted by atomic mass is 35.5. The number of halogens is 1. The minimum atomic E-state index is -0.818. The van der Waals surface area contributed by atoms with Gasteiger partial charge in [-0.2, -0.15) is 10.5 Å². The Kier molecular flexibility index (Phi) is 3.69. The van der Waals surface area contributed by atoms with E-state index in [4.69, 9.17) is 31.9 Å². The molecule has 0 bridgehead atoms. The molecule has 0 aromatic heterocycles. The van der Waals surface area contributed by atoms with Gasteiger partial charge in [0, 0.05) is 17.0 Å². The lowest BCUT2D eigenvalue weighted by atomic mass is 9.78. The van der Waals surface area contributed by atoms with E-state index in [1.54, 1.807) is 12.1 Å². The maximum Gasteiger partial charge on any atom is 0.231 e. The second-order valence-electron chi connectivity index (χ2n) is 4.80. The molecule has 2 heterocycles. The van der Waals surface area contributed by atoms with E-state index in [1.807, 2.05) is 0 Å². The van der Waals surface area contributed by atoms with Crippen molar-refractivity contribution in [2.24, 2.45) is 11.8 Å². The summed E-state index contributed by atoms with van der Waals surface area (Å²) in [6.45, 7) is 0.0879. The van der Waals surface area contributed by atoms with Crippen LogP contribution in [0.5, 0.6) is 11.5 Å². The van der Waals surface area contributed by atoms with Gasteiger partial charge in [-0.05, 0) is 11.6 Å². The third-order valence-corrected chi connectivity index (χ3v) is 4.91. The van der Waals surface area contributed by atoms with Gasteiger partial charge in [-0.3, -0.25) is 10.8 Å². The van der Waals surface area contributed by atoms with E-state index >= 15 is 0 Å². The molecular formula is C14H9ClN4O2S. The first kappa shape index (κ1) is 14.7. The smallest absolute Gasteiger partial charge is 0.231 e. The number of hydrogen-bond acceptors (Lipinski definition) is 7. The van der Waals surface area contributed by atoms with Gasteiger partial charge in [0.2, 0.25) is 6.79 Å². The third kappa shape index (κ3) is 2.19. The van der Waals surface area contributed by atoms with Crippen LogP contribution in [-0.4, -0.2) is 16.9 Å². The average molecular weight is 333 g/mol. The second kappa shape index (κ2) is 5.53. The number of fused-ring (bicyclic) bond motifs is 1. The predicted octanol–water partition coefficient (Wildman–Crippen LogP) is 3.13. The molecule has 0 amide bonds. The maximum atomic E-state index is 9.39. The SMILES string of the molecule is N#CC1C(=N)SC(=N)C(C#N)C1c1cc2c(cc1Cl)OCO2. The number of rotatable bonds is 1. The lowest BCUT2D eigenvalue weighted by Gasteiger charge is -2.32. The van der Waals surface area contributed by atoms with Gasteiger partial charge in [0.25, 0.3) is 0 Å². The molecule has 0 radical (unpaired) electrons. The van der Waals surface area contributed by atoms with Gasteiger partial charge in [-0.15, -0.1) is 0 Å². The summed E-state index contributed by atoms with van der Waals surface area (Å²) >= 11 is 7.14. The fraction of sp³-hybridized carbons (Fsp3) is 0.286. The lowest BCUT2D eigenvalue weighted by Crippen LogP contribution is -2.34. The van der Waals surface area contributed by atoms with Crippen molar-refractivity contribution in [1.82, 2.24) is 0 Å². The van der Waals surface area contributed by atoms with Crippen LogP contribution in [0.1, 0.15) is 11.5 Å². The number of nitriles is 2. The van der Waals surface area contributed by atoms with Crippen molar-refractivity contribution in [1.29, 1.82) is 21.3 Å². The van der Waals surface area contributed by atoms with Crippen LogP contribution in [0.2, 0.25) is 5.02 Å². The second-order valence-corrected chi connectivity index (χ2v) is 6.29. The van der Waals surface area contributed by atoms with Crippen LogP contribution in [0.25, 0.3) is 0 Å². The Morgan fingerprint density at radius 1 is 1.09 bits per heavy atom. The summed E-state index contributed by atoms with van der Waals surface area (Å²) in [7, 11) is 0. The van der Waals surface area contributed by atoms with Crippen LogP contribution in [-0.2, 0) is 0 Å². The quantitative estimate of drug-likeness (QED) is 0.820. The molecule has 1 aromatic rings.